The minimum absolute atomic E-state index is 0.0219. The van der Waals surface area contributed by atoms with Crippen molar-refractivity contribution < 1.29 is 66.4 Å². The number of ether oxygens (including phenoxy) is 5. The maximum atomic E-state index is 13.3. The van der Waals surface area contributed by atoms with Crippen LogP contribution in [0, 0.1) is 23.7 Å². The summed E-state index contributed by atoms with van der Waals surface area (Å²) >= 11 is 0. The number of hydrogen-bond acceptors (Lipinski definition) is 17. The van der Waals surface area contributed by atoms with Gasteiger partial charge in [0, 0.05) is 40.1 Å². The Labute approximate surface area is 363 Å². The third kappa shape index (κ3) is 18.0. The van der Waals surface area contributed by atoms with E-state index in [0.29, 0.717) is 32.1 Å². The van der Waals surface area contributed by atoms with E-state index in [1.165, 1.54) is 38.9 Å². The number of primary amides is 1. The number of esters is 2. The van der Waals surface area contributed by atoms with Crippen molar-refractivity contribution >= 4 is 41.8 Å². The number of amides is 1. The van der Waals surface area contributed by atoms with Gasteiger partial charge in [0.15, 0.2) is 11.5 Å². The van der Waals surface area contributed by atoms with E-state index < -0.39 is 42.1 Å². The van der Waals surface area contributed by atoms with Gasteiger partial charge in [-0.25, -0.2) is 14.8 Å². The summed E-state index contributed by atoms with van der Waals surface area (Å²) < 4.78 is 38.0. The lowest BCUT2D eigenvalue weighted by atomic mass is 9.86. The maximum absolute atomic E-state index is 13.3. The molecule has 0 saturated heterocycles. The number of ketones is 2. The average Bonchev–Trinajstić information content (AvgIpc) is 3.95. The molecule has 1 amide bonds. The van der Waals surface area contributed by atoms with Gasteiger partial charge in [0.25, 0.3) is 5.89 Å². The van der Waals surface area contributed by atoms with Crippen molar-refractivity contribution in [3.8, 4) is 0 Å². The number of aldehydes is 1. The molecule has 62 heavy (non-hydrogen) atoms. The molecule has 0 fully saturated rings. The van der Waals surface area contributed by atoms with E-state index in [4.69, 9.17) is 33.5 Å². The number of nitrogens with two attached hydrogens (primary N) is 1. The number of Topliss-reactive ketones (excluding diaryl/α,β-unsaturated/α-hetero) is 1. The molecule has 0 aromatic carbocycles. The first-order valence-electron chi connectivity index (χ1n) is 20.6. The van der Waals surface area contributed by atoms with E-state index in [9.17, 15) is 33.9 Å². The smallest absolute Gasteiger partial charge is 0.360 e. The molecular weight excluding hydrogens is 808 g/mol. The van der Waals surface area contributed by atoms with Gasteiger partial charge in [-0.3, -0.25) is 19.2 Å². The summed E-state index contributed by atoms with van der Waals surface area (Å²) in [5, 5.41) is 13.6. The Balaban J connectivity index is 2.10. The molecule has 4 N–H and O–H groups in total. The molecular formula is C44H64N4O14. The van der Waals surface area contributed by atoms with Crippen LogP contribution in [0.1, 0.15) is 118 Å². The topological polar surface area (TPSA) is 259 Å². The van der Waals surface area contributed by atoms with Crippen LogP contribution in [-0.2, 0) is 42.9 Å². The fraction of sp³-hybridized carbons (Fsp3) is 0.591. The molecule has 18 nitrogen and oxygen atoms in total. The summed E-state index contributed by atoms with van der Waals surface area (Å²) in [5.41, 5.74) is 5.47. The number of aromatic nitrogens is 2. The Kier molecular flexibility index (Phi) is 24.1. The van der Waals surface area contributed by atoms with Gasteiger partial charge < -0.3 is 53.5 Å². The third-order valence-electron chi connectivity index (χ3n) is 10.6. The van der Waals surface area contributed by atoms with Crippen LogP contribution >= 0.6 is 0 Å². The summed E-state index contributed by atoms with van der Waals surface area (Å²) in [6.45, 7) is 7.55. The quantitative estimate of drug-likeness (QED) is 0.0382. The van der Waals surface area contributed by atoms with Crippen LogP contribution in [-0.4, -0.2) is 110 Å². The van der Waals surface area contributed by atoms with Crippen molar-refractivity contribution in [3.63, 3.8) is 0 Å². The Morgan fingerprint density at radius 1 is 0.855 bits per heavy atom. The molecule has 9 unspecified atom stereocenters. The average molecular weight is 873 g/mol. The van der Waals surface area contributed by atoms with Crippen molar-refractivity contribution in [1.82, 2.24) is 15.3 Å². The Bertz CT molecular complexity index is 1800. The normalized spacial score (nSPS) is 16.3. The zero-order valence-electron chi connectivity index (χ0n) is 37.0. The molecule has 0 bridgehead atoms. The Morgan fingerprint density at radius 2 is 1.56 bits per heavy atom. The molecule has 0 spiro atoms. The van der Waals surface area contributed by atoms with Gasteiger partial charge in [0.2, 0.25) is 5.89 Å². The zero-order valence-corrected chi connectivity index (χ0v) is 37.0. The van der Waals surface area contributed by atoms with E-state index in [1.54, 1.807) is 33.4 Å². The van der Waals surface area contributed by atoms with E-state index in [0.717, 1.165) is 6.29 Å². The van der Waals surface area contributed by atoms with Crippen molar-refractivity contribution in [2.45, 2.75) is 110 Å². The standard InChI is InChI=1S/C44H64N4O14/c1-27(13-9-10-17-39-47-33(26-60-39)44(55)59-8)38(24-37(57-6)28(2)18-19-35(52)29(3)36(56-5)16-12-20-46-21-22-49)62-40(53)23-31(50)14-11-15-34(51)30(4)41(58-7)32-25-61-43(48-32)42(45)54/h10-12,15,17,20,22,25-31,36-38,41,46,50H,9,13-14,16,18-19,21,23-24H2,1-8H3,(H2,45,54). The van der Waals surface area contributed by atoms with Gasteiger partial charge in [0.1, 0.15) is 42.5 Å². The molecule has 0 radical (unpaired) electrons. The highest BCUT2D eigenvalue weighted by molar-refractivity contribution is 5.92. The number of rotatable bonds is 32. The highest BCUT2D eigenvalue weighted by atomic mass is 16.5. The number of oxazole rings is 2. The van der Waals surface area contributed by atoms with Crippen LogP contribution in [0.15, 0.2) is 51.9 Å². The van der Waals surface area contributed by atoms with E-state index >= 15 is 0 Å². The molecule has 18 heteroatoms. The van der Waals surface area contributed by atoms with Crippen molar-refractivity contribution in [3.05, 3.63) is 66.2 Å². The lowest BCUT2D eigenvalue weighted by Gasteiger charge is -2.31. The van der Waals surface area contributed by atoms with E-state index in [1.807, 2.05) is 32.9 Å². The number of hydrogen-bond donors (Lipinski definition) is 3. The molecule has 2 rings (SSSR count). The largest absolute Gasteiger partial charge is 0.464 e. The molecule has 0 aliphatic carbocycles. The molecule has 0 aliphatic rings. The van der Waals surface area contributed by atoms with Crippen molar-refractivity contribution in [2.24, 2.45) is 29.4 Å². The van der Waals surface area contributed by atoms with Gasteiger partial charge in [-0.15, -0.1) is 0 Å². The second-order valence-electron chi connectivity index (χ2n) is 15.1. The first-order valence-corrected chi connectivity index (χ1v) is 20.6. The van der Waals surface area contributed by atoms with Gasteiger partial charge in [-0.05, 0) is 62.3 Å². The van der Waals surface area contributed by atoms with Crippen LogP contribution in [0.3, 0.4) is 0 Å². The van der Waals surface area contributed by atoms with E-state index in [-0.39, 0.29) is 90.5 Å². The summed E-state index contributed by atoms with van der Waals surface area (Å²) in [5.74, 6) is -3.93. The van der Waals surface area contributed by atoms with Crippen molar-refractivity contribution in [2.75, 3.05) is 35.0 Å². The minimum atomic E-state index is -1.16. The zero-order chi connectivity index (χ0) is 46.2. The summed E-state index contributed by atoms with van der Waals surface area (Å²) in [6, 6.07) is 0. The van der Waals surface area contributed by atoms with Gasteiger partial charge in [-0.1, -0.05) is 45.9 Å². The van der Waals surface area contributed by atoms with Gasteiger partial charge in [-0.2, -0.15) is 0 Å². The summed E-state index contributed by atoms with van der Waals surface area (Å²) in [6.07, 6.45) is 11.8. The van der Waals surface area contributed by atoms with Crippen LogP contribution in [0.5, 0.6) is 0 Å². The minimum Gasteiger partial charge on any atom is -0.464 e. The van der Waals surface area contributed by atoms with Gasteiger partial charge in [0.05, 0.1) is 44.3 Å². The molecule has 0 aliphatic heterocycles. The van der Waals surface area contributed by atoms with Gasteiger partial charge >= 0.3 is 17.8 Å². The number of aliphatic hydroxyl groups is 1. The second kappa shape index (κ2) is 28.3. The van der Waals surface area contributed by atoms with E-state index in [2.05, 4.69) is 20.0 Å². The SMILES string of the molecule is COC(=O)c1coc(C=CCCC(C)C(CC(OC)C(C)CCC(=O)C(C)C(CC=CNCC=O)OC)OC(=O)CC(O)CC=CC(=O)C(C)C(OC)c2coc(C(N)=O)n2)n1. The van der Waals surface area contributed by atoms with Crippen LogP contribution in [0.4, 0.5) is 0 Å². The monoisotopic (exact) mass is 872 g/mol. The fourth-order valence-electron chi connectivity index (χ4n) is 6.62. The predicted molar refractivity (Wildman–Crippen MR) is 225 cm³/mol. The second-order valence-corrected chi connectivity index (χ2v) is 15.1. The summed E-state index contributed by atoms with van der Waals surface area (Å²) in [4.78, 5) is 81.2. The van der Waals surface area contributed by atoms with Crippen LogP contribution in [0.25, 0.3) is 6.08 Å². The number of nitrogens with one attached hydrogen (secondary N) is 1. The molecule has 344 valence electrons. The third-order valence-corrected chi connectivity index (χ3v) is 10.6. The number of aliphatic hydroxyl groups excluding tert-OH is 1. The maximum Gasteiger partial charge on any atom is 0.360 e. The Hall–Kier alpha value is -5.30. The highest BCUT2D eigenvalue weighted by Gasteiger charge is 2.31. The molecule has 0 saturated carbocycles. The lowest BCUT2D eigenvalue weighted by Crippen LogP contribution is -2.34. The number of methoxy groups -OCH3 is 4. The molecule has 2 heterocycles. The lowest BCUT2D eigenvalue weighted by molar-refractivity contribution is -0.156. The first kappa shape index (κ1) is 52.8. The first-order chi connectivity index (χ1) is 29.6. The summed E-state index contributed by atoms with van der Waals surface area (Å²) in [7, 11) is 5.76. The van der Waals surface area contributed by atoms with Crippen LogP contribution < -0.4 is 11.1 Å². The number of allylic oxidation sites excluding steroid dienone is 2. The molecule has 9 atom stereocenters. The molecule has 2 aromatic rings. The number of carbonyl (C=O) groups excluding carboxylic acids is 6. The van der Waals surface area contributed by atoms with Crippen molar-refractivity contribution in [1.29, 1.82) is 0 Å². The number of nitrogens with zero attached hydrogens (tertiary/aromatic N) is 2. The number of carbonyl (C=O) groups is 6. The fourth-order valence-corrected chi connectivity index (χ4v) is 6.62. The Morgan fingerprint density at radius 3 is 2.19 bits per heavy atom. The predicted octanol–water partition coefficient (Wildman–Crippen LogP) is 4.91. The van der Waals surface area contributed by atoms with Crippen LogP contribution in [0.2, 0.25) is 0 Å². The molecule has 2 aromatic heterocycles. The highest BCUT2D eigenvalue weighted by Crippen LogP contribution is 2.28.